The van der Waals surface area contributed by atoms with Crippen molar-refractivity contribution in [3.8, 4) is 0 Å². The summed E-state index contributed by atoms with van der Waals surface area (Å²) in [4.78, 5) is 14.6. The van der Waals surface area contributed by atoms with E-state index >= 15 is 0 Å². The molecular weight excluding hydrogens is 238 g/mol. The summed E-state index contributed by atoms with van der Waals surface area (Å²) >= 11 is 0. The molecule has 0 bridgehead atoms. The van der Waals surface area contributed by atoms with E-state index in [1.54, 1.807) is 0 Å². The zero-order valence-corrected chi connectivity index (χ0v) is 12.9. The highest BCUT2D eigenvalue weighted by atomic mass is 16.2. The monoisotopic (exact) mass is 269 g/mol. The van der Waals surface area contributed by atoms with Gasteiger partial charge in [-0.2, -0.15) is 0 Å². The zero-order valence-electron chi connectivity index (χ0n) is 12.9. The maximum Gasteiger partial charge on any atom is 0.227 e. The molecule has 1 aliphatic heterocycles. The first-order valence-corrected chi connectivity index (χ1v) is 7.75. The lowest BCUT2D eigenvalue weighted by Crippen LogP contribution is -2.45. The molecule has 0 saturated carbocycles. The minimum absolute atomic E-state index is 0.146. The summed E-state index contributed by atoms with van der Waals surface area (Å²) in [6.45, 7) is 7.72. The fourth-order valence-electron chi connectivity index (χ4n) is 2.88. The Morgan fingerprint density at radius 3 is 2.37 bits per heavy atom. The number of rotatable bonds is 7. The minimum atomic E-state index is -0.354. The maximum atomic E-state index is 12.3. The number of hydrogen-bond acceptors (Lipinski definition) is 3. The molecule has 0 aromatic rings. The van der Waals surface area contributed by atoms with E-state index < -0.39 is 0 Å². The summed E-state index contributed by atoms with van der Waals surface area (Å²) in [6.07, 6.45) is 5.26. The lowest BCUT2D eigenvalue weighted by atomic mass is 9.81. The molecule has 1 amide bonds. The van der Waals surface area contributed by atoms with Gasteiger partial charge in [0.15, 0.2) is 0 Å². The molecule has 1 aliphatic rings. The molecular formula is C15H31N3O. The van der Waals surface area contributed by atoms with Gasteiger partial charge in [0.05, 0.1) is 5.41 Å². The van der Waals surface area contributed by atoms with Gasteiger partial charge in [-0.1, -0.05) is 13.8 Å². The lowest BCUT2D eigenvalue weighted by Gasteiger charge is -2.31. The number of piperidine rings is 1. The van der Waals surface area contributed by atoms with Crippen molar-refractivity contribution in [3.05, 3.63) is 0 Å². The highest BCUT2D eigenvalue weighted by molar-refractivity contribution is 5.82. The second kappa shape index (κ2) is 7.85. The Hall–Kier alpha value is -0.610. The molecule has 3 N–H and O–H groups in total. The third kappa shape index (κ3) is 4.46. The van der Waals surface area contributed by atoms with Gasteiger partial charge in [0.2, 0.25) is 5.91 Å². The largest absolute Gasteiger partial charge is 0.356 e. The van der Waals surface area contributed by atoms with Gasteiger partial charge >= 0.3 is 0 Å². The van der Waals surface area contributed by atoms with Crippen LogP contribution in [0, 0.1) is 11.3 Å². The van der Waals surface area contributed by atoms with Crippen LogP contribution in [0.1, 0.15) is 46.0 Å². The van der Waals surface area contributed by atoms with Crippen LogP contribution in [0.5, 0.6) is 0 Å². The molecule has 0 atom stereocenters. The first-order chi connectivity index (χ1) is 9.07. The average Bonchev–Trinajstić information content (AvgIpc) is 2.44. The van der Waals surface area contributed by atoms with Gasteiger partial charge in [-0.25, -0.2) is 0 Å². The molecule has 0 spiro atoms. The SMILES string of the molecule is CCC(CC)(CN)C(=O)NCCC1CCN(C)CC1. The van der Waals surface area contributed by atoms with Crippen molar-refractivity contribution in [2.45, 2.75) is 46.0 Å². The van der Waals surface area contributed by atoms with Crippen molar-refractivity contribution in [1.29, 1.82) is 0 Å². The maximum absolute atomic E-state index is 12.3. The van der Waals surface area contributed by atoms with E-state index in [4.69, 9.17) is 5.73 Å². The van der Waals surface area contributed by atoms with E-state index in [-0.39, 0.29) is 11.3 Å². The molecule has 0 aliphatic carbocycles. The van der Waals surface area contributed by atoms with E-state index in [1.165, 1.54) is 25.9 Å². The molecule has 4 nitrogen and oxygen atoms in total. The number of amides is 1. The Morgan fingerprint density at radius 2 is 1.89 bits per heavy atom. The molecule has 1 saturated heterocycles. The number of nitrogens with zero attached hydrogens (tertiary/aromatic N) is 1. The number of likely N-dealkylation sites (tertiary alicyclic amines) is 1. The second-order valence-corrected chi connectivity index (χ2v) is 5.98. The van der Waals surface area contributed by atoms with Crippen LogP contribution in [0.3, 0.4) is 0 Å². The van der Waals surface area contributed by atoms with Crippen LogP contribution >= 0.6 is 0 Å². The third-order valence-corrected chi connectivity index (χ3v) is 4.90. The van der Waals surface area contributed by atoms with Crippen LogP contribution in [0.25, 0.3) is 0 Å². The van der Waals surface area contributed by atoms with Crippen molar-refractivity contribution in [2.75, 3.05) is 33.2 Å². The van der Waals surface area contributed by atoms with Gasteiger partial charge in [0.1, 0.15) is 0 Å². The number of nitrogens with one attached hydrogen (secondary N) is 1. The summed E-state index contributed by atoms with van der Waals surface area (Å²) < 4.78 is 0. The molecule has 0 aromatic carbocycles. The summed E-state index contributed by atoms with van der Waals surface area (Å²) in [5.41, 5.74) is 5.44. The van der Waals surface area contributed by atoms with E-state index in [1.807, 2.05) is 13.8 Å². The van der Waals surface area contributed by atoms with E-state index in [2.05, 4.69) is 17.3 Å². The van der Waals surface area contributed by atoms with Crippen LogP contribution < -0.4 is 11.1 Å². The van der Waals surface area contributed by atoms with Crippen molar-refractivity contribution in [1.82, 2.24) is 10.2 Å². The fraction of sp³-hybridized carbons (Fsp3) is 0.933. The Kier molecular flexibility index (Phi) is 6.80. The number of carbonyl (C=O) groups excluding carboxylic acids is 1. The summed E-state index contributed by atoms with van der Waals surface area (Å²) in [5, 5.41) is 3.10. The molecule has 112 valence electrons. The predicted molar refractivity (Wildman–Crippen MR) is 79.9 cm³/mol. The van der Waals surface area contributed by atoms with Gasteiger partial charge in [-0.05, 0) is 58.2 Å². The van der Waals surface area contributed by atoms with Crippen LogP contribution in [-0.4, -0.2) is 44.0 Å². The van der Waals surface area contributed by atoms with Gasteiger partial charge in [0.25, 0.3) is 0 Å². The Morgan fingerprint density at radius 1 is 1.32 bits per heavy atom. The Bertz CT molecular complexity index is 260. The first kappa shape index (κ1) is 16.4. The molecule has 1 rings (SSSR count). The van der Waals surface area contributed by atoms with Crippen molar-refractivity contribution >= 4 is 5.91 Å². The van der Waals surface area contributed by atoms with Crippen LogP contribution in [0.4, 0.5) is 0 Å². The highest BCUT2D eigenvalue weighted by Gasteiger charge is 2.33. The topological polar surface area (TPSA) is 58.4 Å². The van der Waals surface area contributed by atoms with Gasteiger partial charge < -0.3 is 16.0 Å². The van der Waals surface area contributed by atoms with Crippen molar-refractivity contribution in [3.63, 3.8) is 0 Å². The lowest BCUT2D eigenvalue weighted by molar-refractivity contribution is -0.131. The minimum Gasteiger partial charge on any atom is -0.356 e. The van der Waals surface area contributed by atoms with E-state index in [0.717, 1.165) is 31.7 Å². The third-order valence-electron chi connectivity index (χ3n) is 4.90. The quantitative estimate of drug-likeness (QED) is 0.738. The Balaban J connectivity index is 2.30. The van der Waals surface area contributed by atoms with Gasteiger partial charge in [0, 0.05) is 13.1 Å². The zero-order chi connectivity index (χ0) is 14.3. The smallest absolute Gasteiger partial charge is 0.227 e. The predicted octanol–water partition coefficient (Wildman–Crippen LogP) is 1.60. The summed E-state index contributed by atoms with van der Waals surface area (Å²) in [7, 11) is 2.18. The van der Waals surface area contributed by atoms with Crippen LogP contribution in [0.15, 0.2) is 0 Å². The number of carbonyl (C=O) groups is 1. The highest BCUT2D eigenvalue weighted by Crippen LogP contribution is 2.25. The summed E-state index contributed by atoms with van der Waals surface area (Å²) in [6, 6.07) is 0. The molecule has 4 heteroatoms. The van der Waals surface area contributed by atoms with Crippen LogP contribution in [0.2, 0.25) is 0 Å². The van der Waals surface area contributed by atoms with E-state index in [0.29, 0.717) is 6.54 Å². The fourth-order valence-corrected chi connectivity index (χ4v) is 2.88. The number of nitrogens with two attached hydrogens (primary N) is 1. The van der Waals surface area contributed by atoms with Crippen molar-refractivity contribution < 1.29 is 4.79 Å². The standard InChI is InChI=1S/C15H31N3O/c1-4-15(5-2,12-16)14(19)17-9-6-13-7-10-18(3)11-8-13/h13H,4-12,16H2,1-3H3,(H,17,19). The number of hydrogen-bond donors (Lipinski definition) is 2. The molecule has 0 unspecified atom stereocenters. The normalized spacial score (nSPS) is 18.5. The molecule has 1 fully saturated rings. The second-order valence-electron chi connectivity index (χ2n) is 5.98. The summed E-state index contributed by atoms with van der Waals surface area (Å²) in [5.74, 6) is 0.917. The Labute approximate surface area is 118 Å². The van der Waals surface area contributed by atoms with Gasteiger partial charge in [-0.15, -0.1) is 0 Å². The molecule has 0 aromatic heterocycles. The molecule has 0 radical (unpaired) electrons. The van der Waals surface area contributed by atoms with Crippen LogP contribution in [-0.2, 0) is 4.79 Å². The average molecular weight is 269 g/mol. The molecule has 19 heavy (non-hydrogen) atoms. The van der Waals surface area contributed by atoms with Crippen molar-refractivity contribution in [2.24, 2.45) is 17.1 Å². The van der Waals surface area contributed by atoms with Gasteiger partial charge in [-0.3, -0.25) is 4.79 Å². The van der Waals surface area contributed by atoms with E-state index in [9.17, 15) is 4.79 Å². The first-order valence-electron chi connectivity index (χ1n) is 7.75. The molecule has 1 heterocycles.